The number of thioether (sulfide) groups is 1. The maximum absolute atomic E-state index is 13.3. The summed E-state index contributed by atoms with van der Waals surface area (Å²) in [6.07, 6.45) is 2.68. The van der Waals surface area contributed by atoms with Gasteiger partial charge in [0.05, 0.1) is 11.8 Å². The lowest BCUT2D eigenvalue weighted by atomic mass is 10.0. The number of rotatable bonds is 6. The quantitative estimate of drug-likeness (QED) is 0.659. The number of amides is 1. The first-order valence-electron chi connectivity index (χ1n) is 9.53. The second-order valence-electron chi connectivity index (χ2n) is 6.95. The summed E-state index contributed by atoms with van der Waals surface area (Å²) in [5.74, 6) is 0.0276. The molecule has 0 unspecified atom stereocenters. The lowest BCUT2D eigenvalue weighted by Crippen LogP contribution is -2.21. The SMILES string of the molecule is CCn1ncc(C(=O)Nc2cccc(CSC3CCCCC3)c2)c1C(F)(F)F. The molecule has 0 aliphatic heterocycles. The zero-order chi connectivity index (χ0) is 20.1. The Bertz CT molecular complexity index is 813. The minimum atomic E-state index is -4.64. The summed E-state index contributed by atoms with van der Waals surface area (Å²) >= 11 is 1.91. The van der Waals surface area contributed by atoms with E-state index in [1.807, 2.05) is 30.0 Å². The van der Waals surface area contributed by atoms with E-state index in [0.717, 1.165) is 22.2 Å². The van der Waals surface area contributed by atoms with Crippen molar-refractivity contribution in [3.8, 4) is 0 Å². The third-order valence-electron chi connectivity index (χ3n) is 4.87. The number of anilines is 1. The van der Waals surface area contributed by atoms with E-state index in [1.54, 1.807) is 13.0 Å². The molecule has 152 valence electrons. The van der Waals surface area contributed by atoms with Gasteiger partial charge < -0.3 is 5.32 Å². The van der Waals surface area contributed by atoms with Crippen LogP contribution < -0.4 is 5.32 Å². The largest absolute Gasteiger partial charge is 0.433 e. The van der Waals surface area contributed by atoms with E-state index in [4.69, 9.17) is 0 Å². The highest BCUT2D eigenvalue weighted by molar-refractivity contribution is 7.99. The van der Waals surface area contributed by atoms with E-state index < -0.39 is 23.3 Å². The molecular weight excluding hydrogens is 387 g/mol. The van der Waals surface area contributed by atoms with Crippen molar-refractivity contribution in [2.45, 2.75) is 62.8 Å². The lowest BCUT2D eigenvalue weighted by molar-refractivity contribution is -0.144. The number of nitrogens with zero attached hydrogens (tertiary/aromatic N) is 2. The maximum atomic E-state index is 13.3. The van der Waals surface area contributed by atoms with Gasteiger partial charge in [-0.1, -0.05) is 31.4 Å². The molecular formula is C20H24F3N3OS. The third kappa shape index (κ3) is 5.10. The van der Waals surface area contributed by atoms with Crippen LogP contribution in [0.25, 0.3) is 0 Å². The summed E-state index contributed by atoms with van der Waals surface area (Å²) in [5.41, 5.74) is 0.0608. The van der Waals surface area contributed by atoms with Gasteiger partial charge in [0.25, 0.3) is 5.91 Å². The van der Waals surface area contributed by atoms with Gasteiger partial charge in [-0.25, -0.2) is 0 Å². The van der Waals surface area contributed by atoms with Crippen LogP contribution in [0.5, 0.6) is 0 Å². The lowest BCUT2D eigenvalue weighted by Gasteiger charge is -2.21. The molecule has 1 N–H and O–H groups in total. The Balaban J connectivity index is 1.68. The number of alkyl halides is 3. The van der Waals surface area contributed by atoms with Crippen molar-refractivity contribution in [2.75, 3.05) is 5.32 Å². The minimum Gasteiger partial charge on any atom is -0.322 e. The van der Waals surface area contributed by atoms with Crippen molar-refractivity contribution >= 4 is 23.4 Å². The number of aryl methyl sites for hydroxylation is 1. The molecule has 28 heavy (non-hydrogen) atoms. The molecule has 0 saturated heterocycles. The van der Waals surface area contributed by atoms with E-state index in [1.165, 1.54) is 32.1 Å². The zero-order valence-corrected chi connectivity index (χ0v) is 16.6. The van der Waals surface area contributed by atoms with Crippen LogP contribution in [0.3, 0.4) is 0 Å². The van der Waals surface area contributed by atoms with Crippen molar-refractivity contribution in [1.82, 2.24) is 9.78 Å². The van der Waals surface area contributed by atoms with Gasteiger partial charge in [-0.15, -0.1) is 0 Å². The Hall–Kier alpha value is -1.96. The molecule has 0 bridgehead atoms. The fourth-order valence-electron chi connectivity index (χ4n) is 3.47. The Morgan fingerprint density at radius 3 is 2.71 bits per heavy atom. The van der Waals surface area contributed by atoms with Crippen LogP contribution in [-0.2, 0) is 18.5 Å². The predicted molar refractivity (Wildman–Crippen MR) is 105 cm³/mol. The number of aromatic nitrogens is 2. The predicted octanol–water partition coefficient (Wildman–Crippen LogP) is 5.74. The number of hydrogen-bond donors (Lipinski definition) is 1. The standard InChI is InChI=1S/C20H24F3N3OS/c1-2-26-18(20(21,22)23)17(12-24-26)19(27)25-15-8-6-7-14(11-15)13-28-16-9-4-3-5-10-16/h6-8,11-12,16H,2-5,9-10,13H2,1H3,(H,25,27). The number of carbonyl (C=O) groups excluding carboxylic acids is 1. The normalized spacial score (nSPS) is 15.6. The molecule has 3 rings (SSSR count). The Morgan fingerprint density at radius 1 is 1.29 bits per heavy atom. The summed E-state index contributed by atoms with van der Waals surface area (Å²) in [7, 11) is 0. The molecule has 4 nitrogen and oxygen atoms in total. The molecule has 1 heterocycles. The highest BCUT2D eigenvalue weighted by Gasteiger charge is 2.39. The second kappa shape index (κ2) is 9.03. The van der Waals surface area contributed by atoms with Crippen LogP contribution in [0, 0.1) is 0 Å². The Labute approximate surface area is 166 Å². The van der Waals surface area contributed by atoms with Crippen LogP contribution in [0.15, 0.2) is 30.5 Å². The van der Waals surface area contributed by atoms with Crippen LogP contribution in [0.4, 0.5) is 18.9 Å². The monoisotopic (exact) mass is 411 g/mol. The van der Waals surface area contributed by atoms with Crippen molar-refractivity contribution in [2.24, 2.45) is 0 Å². The highest BCUT2D eigenvalue weighted by Crippen LogP contribution is 2.33. The number of carbonyl (C=O) groups is 1. The first kappa shape index (κ1) is 20.8. The summed E-state index contributed by atoms with van der Waals surface area (Å²) in [6.45, 7) is 1.59. The van der Waals surface area contributed by atoms with Crippen LogP contribution in [-0.4, -0.2) is 20.9 Å². The minimum absolute atomic E-state index is 0.0377. The van der Waals surface area contributed by atoms with Crippen LogP contribution in [0.1, 0.15) is 60.6 Å². The smallest absolute Gasteiger partial charge is 0.322 e. The van der Waals surface area contributed by atoms with Crippen LogP contribution >= 0.6 is 11.8 Å². The van der Waals surface area contributed by atoms with Crippen molar-refractivity contribution in [1.29, 1.82) is 0 Å². The summed E-state index contributed by atoms with van der Waals surface area (Å²) in [4.78, 5) is 12.5. The van der Waals surface area contributed by atoms with E-state index in [0.29, 0.717) is 10.9 Å². The zero-order valence-electron chi connectivity index (χ0n) is 15.8. The van der Waals surface area contributed by atoms with Gasteiger partial charge in [0.15, 0.2) is 5.69 Å². The van der Waals surface area contributed by atoms with E-state index in [2.05, 4.69) is 10.4 Å². The van der Waals surface area contributed by atoms with Crippen molar-refractivity contribution in [3.05, 3.63) is 47.3 Å². The molecule has 1 saturated carbocycles. The summed E-state index contributed by atoms with van der Waals surface area (Å²) in [6, 6.07) is 7.30. The first-order chi connectivity index (χ1) is 13.4. The van der Waals surface area contributed by atoms with Gasteiger partial charge in [0.2, 0.25) is 0 Å². The molecule has 1 aliphatic rings. The van der Waals surface area contributed by atoms with Gasteiger partial charge >= 0.3 is 6.18 Å². The molecule has 1 amide bonds. The molecule has 1 aromatic carbocycles. The average molecular weight is 411 g/mol. The van der Waals surface area contributed by atoms with Gasteiger partial charge in [-0.2, -0.15) is 30.0 Å². The van der Waals surface area contributed by atoms with Gasteiger partial charge in [-0.3, -0.25) is 9.48 Å². The molecule has 0 radical (unpaired) electrons. The van der Waals surface area contributed by atoms with Crippen molar-refractivity contribution < 1.29 is 18.0 Å². The number of hydrogen-bond acceptors (Lipinski definition) is 3. The van der Waals surface area contributed by atoms with E-state index >= 15 is 0 Å². The van der Waals surface area contributed by atoms with Gasteiger partial charge in [-0.05, 0) is 37.5 Å². The molecule has 0 atom stereocenters. The van der Waals surface area contributed by atoms with Gasteiger partial charge in [0, 0.05) is 23.2 Å². The molecule has 0 spiro atoms. The molecule has 8 heteroatoms. The molecule has 1 fully saturated rings. The fourth-order valence-corrected chi connectivity index (χ4v) is 4.75. The van der Waals surface area contributed by atoms with Crippen LogP contribution in [0.2, 0.25) is 0 Å². The number of nitrogens with one attached hydrogen (secondary N) is 1. The van der Waals surface area contributed by atoms with Crippen molar-refractivity contribution in [3.63, 3.8) is 0 Å². The Kier molecular flexibility index (Phi) is 6.69. The fraction of sp³-hybridized carbons (Fsp3) is 0.500. The van der Waals surface area contributed by atoms with E-state index in [-0.39, 0.29) is 6.54 Å². The topological polar surface area (TPSA) is 46.9 Å². The number of halogens is 3. The third-order valence-corrected chi connectivity index (χ3v) is 6.32. The number of benzene rings is 1. The second-order valence-corrected chi connectivity index (χ2v) is 8.23. The highest BCUT2D eigenvalue weighted by atomic mass is 32.2. The summed E-state index contributed by atoms with van der Waals surface area (Å²) < 4.78 is 40.8. The van der Waals surface area contributed by atoms with Gasteiger partial charge in [0.1, 0.15) is 0 Å². The average Bonchev–Trinajstić information content (AvgIpc) is 3.12. The first-order valence-corrected chi connectivity index (χ1v) is 10.6. The Morgan fingerprint density at radius 2 is 2.04 bits per heavy atom. The van der Waals surface area contributed by atoms with E-state index in [9.17, 15) is 18.0 Å². The summed E-state index contributed by atoms with van der Waals surface area (Å²) in [5, 5.41) is 6.95. The molecule has 1 aliphatic carbocycles. The molecule has 2 aromatic rings. The molecule has 1 aromatic heterocycles. The maximum Gasteiger partial charge on any atom is 0.433 e.